The van der Waals surface area contributed by atoms with Crippen molar-refractivity contribution in [3.8, 4) is 0 Å². The first-order valence-electron chi connectivity index (χ1n) is 8.68. The zero-order chi connectivity index (χ0) is 16.4. The number of anilines is 1. The fraction of sp³-hybridized carbons (Fsp3) is 0.429. The zero-order valence-electron chi connectivity index (χ0n) is 14.5. The second-order valence-corrected chi connectivity index (χ2v) is 6.68. The lowest BCUT2D eigenvalue weighted by Gasteiger charge is -2.37. The second-order valence-electron chi connectivity index (χ2n) is 6.68. The molecule has 3 rings (SSSR count). The van der Waals surface area contributed by atoms with Gasteiger partial charge in [0.25, 0.3) is 0 Å². The lowest BCUT2D eigenvalue weighted by molar-refractivity contribution is 0.633. The van der Waals surface area contributed by atoms with Crippen LogP contribution in [0.4, 0.5) is 10.1 Å². The smallest absolute Gasteiger partial charge is 0.126 e. The van der Waals surface area contributed by atoms with Gasteiger partial charge in [-0.1, -0.05) is 17.7 Å². The van der Waals surface area contributed by atoms with E-state index >= 15 is 0 Å². The van der Waals surface area contributed by atoms with Gasteiger partial charge in [0.15, 0.2) is 0 Å². The lowest BCUT2D eigenvalue weighted by Crippen LogP contribution is -2.34. The van der Waals surface area contributed by atoms with Gasteiger partial charge in [-0.05, 0) is 86.9 Å². The van der Waals surface area contributed by atoms with Crippen LogP contribution in [-0.2, 0) is 12.8 Å². The Morgan fingerprint density at radius 3 is 2.22 bits per heavy atom. The molecule has 1 nitrogen and oxygen atoms in total. The molecule has 23 heavy (non-hydrogen) atoms. The van der Waals surface area contributed by atoms with E-state index in [0.29, 0.717) is 0 Å². The summed E-state index contributed by atoms with van der Waals surface area (Å²) in [6.07, 6.45) is 10.1. The van der Waals surface area contributed by atoms with Crippen LogP contribution in [0, 0.1) is 0 Å². The number of allylic oxidation sites excluding steroid dienone is 6. The van der Waals surface area contributed by atoms with Gasteiger partial charge in [-0.15, -0.1) is 0 Å². The highest BCUT2D eigenvalue weighted by atomic mass is 19.1. The molecule has 0 unspecified atom stereocenters. The standard InChI is InChI=1S/C21H26FN/c1-4-15(2)9-10-20(22)16(3)19-13-17-7-5-11-23-12-6-8-18(14-19)21(17)23/h4,9-10,13-14H,5-8,11-12H2,1-3H3/b10-9+,15-4+,20-16+. The molecule has 122 valence electrons. The summed E-state index contributed by atoms with van der Waals surface area (Å²) >= 11 is 0. The first-order valence-corrected chi connectivity index (χ1v) is 8.68. The quantitative estimate of drug-likeness (QED) is 0.656. The molecule has 0 saturated heterocycles. The molecule has 0 amide bonds. The third-order valence-electron chi connectivity index (χ3n) is 5.07. The molecule has 0 aromatic heterocycles. The van der Waals surface area contributed by atoms with Crippen LogP contribution in [0.25, 0.3) is 5.57 Å². The highest BCUT2D eigenvalue weighted by Crippen LogP contribution is 2.38. The van der Waals surface area contributed by atoms with E-state index in [4.69, 9.17) is 0 Å². The lowest BCUT2D eigenvalue weighted by atomic mass is 9.88. The number of benzene rings is 1. The summed E-state index contributed by atoms with van der Waals surface area (Å²) in [6, 6.07) is 4.42. The van der Waals surface area contributed by atoms with Crippen molar-refractivity contribution in [2.24, 2.45) is 0 Å². The molecule has 2 aliphatic heterocycles. The van der Waals surface area contributed by atoms with Gasteiger partial charge in [0.05, 0.1) is 0 Å². The molecular formula is C21H26FN. The van der Waals surface area contributed by atoms with E-state index in [2.05, 4.69) is 17.0 Å². The van der Waals surface area contributed by atoms with Crippen LogP contribution < -0.4 is 4.90 Å². The van der Waals surface area contributed by atoms with Crippen molar-refractivity contribution >= 4 is 11.3 Å². The summed E-state index contributed by atoms with van der Waals surface area (Å²) in [5.74, 6) is -0.137. The molecule has 0 saturated carbocycles. The van der Waals surface area contributed by atoms with E-state index in [1.165, 1.54) is 42.7 Å². The summed E-state index contributed by atoms with van der Waals surface area (Å²) in [4.78, 5) is 2.52. The maximum Gasteiger partial charge on any atom is 0.126 e. The Hall–Kier alpha value is -1.83. The number of hydrogen-bond acceptors (Lipinski definition) is 1. The van der Waals surface area contributed by atoms with E-state index in [-0.39, 0.29) is 5.83 Å². The second kappa shape index (κ2) is 6.74. The van der Waals surface area contributed by atoms with Gasteiger partial charge in [-0.3, -0.25) is 0 Å². The van der Waals surface area contributed by atoms with E-state index in [9.17, 15) is 4.39 Å². The fourth-order valence-corrected chi connectivity index (χ4v) is 3.58. The molecule has 2 heterocycles. The molecule has 1 aromatic rings. The minimum absolute atomic E-state index is 0.137. The molecule has 2 heteroatoms. The largest absolute Gasteiger partial charge is 0.371 e. The summed E-state index contributed by atoms with van der Waals surface area (Å²) in [7, 11) is 0. The summed E-state index contributed by atoms with van der Waals surface area (Å²) < 4.78 is 14.5. The van der Waals surface area contributed by atoms with Crippen molar-refractivity contribution in [2.75, 3.05) is 18.0 Å². The predicted molar refractivity (Wildman–Crippen MR) is 97.6 cm³/mol. The van der Waals surface area contributed by atoms with Crippen molar-refractivity contribution < 1.29 is 4.39 Å². The molecule has 0 radical (unpaired) electrons. The highest BCUT2D eigenvalue weighted by molar-refractivity contribution is 5.74. The van der Waals surface area contributed by atoms with Crippen LogP contribution in [0.3, 0.4) is 0 Å². The number of rotatable bonds is 3. The van der Waals surface area contributed by atoms with E-state index in [1.807, 2.05) is 32.9 Å². The third kappa shape index (κ3) is 3.26. The maximum absolute atomic E-state index is 14.5. The minimum atomic E-state index is -0.137. The Balaban J connectivity index is 1.99. The molecule has 1 aromatic carbocycles. The van der Waals surface area contributed by atoms with Crippen molar-refractivity contribution in [3.05, 3.63) is 58.5 Å². The van der Waals surface area contributed by atoms with Crippen LogP contribution in [0.1, 0.15) is 50.3 Å². The van der Waals surface area contributed by atoms with Gasteiger partial charge in [0, 0.05) is 18.8 Å². The number of halogens is 1. The van der Waals surface area contributed by atoms with E-state index in [0.717, 1.165) is 29.6 Å². The summed E-state index contributed by atoms with van der Waals surface area (Å²) in [5, 5.41) is 0. The van der Waals surface area contributed by atoms with Gasteiger partial charge in [0.2, 0.25) is 0 Å². The molecule has 0 N–H and O–H groups in total. The summed E-state index contributed by atoms with van der Waals surface area (Å²) in [5.41, 5.74) is 7.12. The SMILES string of the molecule is C/C=C(C)/C=C/C(F)=C(/C)c1cc2c3c(c1)CCCN3CCC2. The normalized spacial score (nSPS) is 19.0. The zero-order valence-corrected chi connectivity index (χ0v) is 14.5. The Bertz CT molecular complexity index is 663. The van der Waals surface area contributed by atoms with Crippen molar-refractivity contribution in [1.82, 2.24) is 0 Å². The van der Waals surface area contributed by atoms with Crippen LogP contribution in [-0.4, -0.2) is 13.1 Å². The molecule has 0 fully saturated rings. The molecule has 2 aliphatic rings. The van der Waals surface area contributed by atoms with Crippen LogP contribution in [0.5, 0.6) is 0 Å². The van der Waals surface area contributed by atoms with E-state index in [1.54, 1.807) is 6.08 Å². The number of nitrogens with zero attached hydrogens (tertiary/aromatic N) is 1. The maximum atomic E-state index is 14.5. The van der Waals surface area contributed by atoms with Gasteiger partial charge in [0.1, 0.15) is 5.83 Å². The average molecular weight is 311 g/mol. The molecule has 0 spiro atoms. The molecule has 0 atom stereocenters. The first-order chi connectivity index (χ1) is 11.1. The van der Waals surface area contributed by atoms with Gasteiger partial charge in [-0.2, -0.15) is 0 Å². The van der Waals surface area contributed by atoms with Crippen molar-refractivity contribution in [3.63, 3.8) is 0 Å². The predicted octanol–water partition coefficient (Wildman–Crippen LogP) is 5.61. The third-order valence-corrected chi connectivity index (χ3v) is 5.07. The molecule has 0 aliphatic carbocycles. The minimum Gasteiger partial charge on any atom is -0.371 e. The Kier molecular flexibility index (Phi) is 4.70. The fourth-order valence-electron chi connectivity index (χ4n) is 3.58. The monoisotopic (exact) mass is 311 g/mol. The van der Waals surface area contributed by atoms with Crippen LogP contribution >= 0.6 is 0 Å². The van der Waals surface area contributed by atoms with Gasteiger partial charge < -0.3 is 4.90 Å². The van der Waals surface area contributed by atoms with Crippen LogP contribution in [0.15, 0.2) is 41.8 Å². The van der Waals surface area contributed by atoms with Crippen LogP contribution in [0.2, 0.25) is 0 Å². The van der Waals surface area contributed by atoms with Crippen molar-refractivity contribution in [1.29, 1.82) is 0 Å². The number of hydrogen-bond donors (Lipinski definition) is 0. The Morgan fingerprint density at radius 1 is 1.04 bits per heavy atom. The van der Waals surface area contributed by atoms with Gasteiger partial charge in [-0.25, -0.2) is 4.39 Å². The average Bonchev–Trinajstić information content (AvgIpc) is 2.59. The Morgan fingerprint density at radius 2 is 1.65 bits per heavy atom. The highest BCUT2D eigenvalue weighted by Gasteiger charge is 2.24. The topological polar surface area (TPSA) is 3.24 Å². The molecule has 0 bridgehead atoms. The van der Waals surface area contributed by atoms with Crippen molar-refractivity contribution in [2.45, 2.75) is 46.5 Å². The van der Waals surface area contributed by atoms with Gasteiger partial charge >= 0.3 is 0 Å². The summed E-state index contributed by atoms with van der Waals surface area (Å²) in [6.45, 7) is 8.19. The Labute approximate surface area is 139 Å². The molecular weight excluding hydrogens is 285 g/mol. The van der Waals surface area contributed by atoms with E-state index < -0.39 is 0 Å². The number of aryl methyl sites for hydroxylation is 2. The first kappa shape index (κ1) is 16.0.